The third kappa shape index (κ3) is 5.33. The second kappa shape index (κ2) is 6.17. The molecule has 0 atom stereocenters. The molecule has 0 aliphatic carbocycles. The molecule has 0 heterocycles. The molecule has 0 unspecified atom stereocenters. The van der Waals surface area contributed by atoms with Gasteiger partial charge in [0.25, 0.3) is 0 Å². The van der Waals surface area contributed by atoms with Gasteiger partial charge in [0.15, 0.2) is 9.84 Å². The molecule has 3 nitrogen and oxygen atoms in total. The number of sulfone groups is 1. The number of rotatable bonds is 6. The first kappa shape index (κ1) is 14.2. The number of aliphatic hydroxyl groups excluding tert-OH is 1. The molecule has 0 amide bonds. The molecule has 96 valence electrons. The van der Waals surface area contributed by atoms with Crippen molar-refractivity contribution in [2.75, 3.05) is 12.4 Å². The monoisotopic (exact) mass is 256 g/mol. The fourth-order valence-corrected chi connectivity index (χ4v) is 2.83. The Balaban J connectivity index is 2.68. The van der Waals surface area contributed by atoms with Crippen LogP contribution in [-0.2, 0) is 22.0 Å². The zero-order valence-corrected chi connectivity index (χ0v) is 11.2. The Bertz CT molecular complexity index is 432. The van der Waals surface area contributed by atoms with Crippen molar-refractivity contribution in [2.45, 2.75) is 26.0 Å². The van der Waals surface area contributed by atoms with Crippen molar-refractivity contribution in [2.24, 2.45) is 5.92 Å². The Morgan fingerprint density at radius 1 is 1.12 bits per heavy atom. The van der Waals surface area contributed by atoms with Crippen molar-refractivity contribution in [1.82, 2.24) is 0 Å². The molecule has 0 radical (unpaired) electrons. The van der Waals surface area contributed by atoms with Gasteiger partial charge in [-0.25, -0.2) is 8.42 Å². The van der Waals surface area contributed by atoms with Crippen LogP contribution in [0.15, 0.2) is 24.3 Å². The van der Waals surface area contributed by atoms with E-state index in [1.54, 1.807) is 0 Å². The Labute approximate surface area is 103 Å². The first-order chi connectivity index (χ1) is 7.93. The summed E-state index contributed by atoms with van der Waals surface area (Å²) >= 11 is 0. The molecule has 1 rings (SSSR count). The third-order valence-electron chi connectivity index (χ3n) is 2.46. The van der Waals surface area contributed by atoms with Gasteiger partial charge < -0.3 is 5.11 Å². The van der Waals surface area contributed by atoms with Crippen molar-refractivity contribution in [3.63, 3.8) is 0 Å². The molecule has 1 aromatic carbocycles. The molecular formula is C13H20O3S. The molecule has 0 aromatic heterocycles. The van der Waals surface area contributed by atoms with E-state index >= 15 is 0 Å². The molecular weight excluding hydrogens is 236 g/mol. The molecule has 0 fully saturated rings. The lowest BCUT2D eigenvalue weighted by atomic mass is 10.0. The van der Waals surface area contributed by atoms with Gasteiger partial charge >= 0.3 is 0 Å². The summed E-state index contributed by atoms with van der Waals surface area (Å²) in [5.41, 5.74) is 2.01. The van der Waals surface area contributed by atoms with Crippen molar-refractivity contribution < 1.29 is 13.5 Å². The minimum absolute atomic E-state index is 0.00944. The second-order valence-electron chi connectivity index (χ2n) is 4.73. The molecule has 0 aliphatic heterocycles. The van der Waals surface area contributed by atoms with Crippen LogP contribution < -0.4 is 0 Å². The highest BCUT2D eigenvalue weighted by molar-refractivity contribution is 7.90. The Hall–Kier alpha value is -0.870. The van der Waals surface area contributed by atoms with E-state index in [9.17, 15) is 8.42 Å². The van der Waals surface area contributed by atoms with E-state index in [0.717, 1.165) is 12.0 Å². The molecule has 0 spiro atoms. The number of hydrogen-bond donors (Lipinski definition) is 1. The zero-order chi connectivity index (χ0) is 12.9. The van der Waals surface area contributed by atoms with Crippen LogP contribution in [-0.4, -0.2) is 25.9 Å². The van der Waals surface area contributed by atoms with E-state index in [4.69, 9.17) is 5.11 Å². The van der Waals surface area contributed by atoms with Gasteiger partial charge in [0.2, 0.25) is 0 Å². The lowest BCUT2D eigenvalue weighted by Crippen LogP contribution is -2.12. The Morgan fingerprint density at radius 2 is 1.65 bits per heavy atom. The molecule has 4 heteroatoms. The van der Waals surface area contributed by atoms with Crippen molar-refractivity contribution in [1.29, 1.82) is 0 Å². The smallest absolute Gasteiger partial charge is 0.156 e. The molecule has 0 saturated carbocycles. The summed E-state index contributed by atoms with van der Waals surface area (Å²) < 4.78 is 23.0. The highest BCUT2D eigenvalue weighted by Crippen LogP contribution is 2.12. The van der Waals surface area contributed by atoms with Gasteiger partial charge in [0, 0.05) is 0 Å². The predicted octanol–water partition coefficient (Wildman–Crippen LogP) is 1.79. The van der Waals surface area contributed by atoms with E-state index in [2.05, 4.69) is 13.8 Å². The van der Waals surface area contributed by atoms with Crippen LogP contribution in [0.2, 0.25) is 0 Å². The summed E-state index contributed by atoms with van der Waals surface area (Å²) in [6.45, 7) is 3.99. The summed E-state index contributed by atoms with van der Waals surface area (Å²) in [5, 5.41) is 8.64. The quantitative estimate of drug-likeness (QED) is 0.844. The topological polar surface area (TPSA) is 54.4 Å². The van der Waals surface area contributed by atoms with E-state index in [-0.39, 0.29) is 18.1 Å². The van der Waals surface area contributed by atoms with E-state index in [1.807, 2.05) is 24.3 Å². The van der Waals surface area contributed by atoms with Gasteiger partial charge in [-0.15, -0.1) is 0 Å². The maximum atomic E-state index is 11.5. The van der Waals surface area contributed by atoms with Gasteiger partial charge in [-0.1, -0.05) is 38.1 Å². The molecule has 17 heavy (non-hydrogen) atoms. The number of hydrogen-bond acceptors (Lipinski definition) is 3. The standard InChI is InChI=1S/C13H20O3S/c1-11(2)9-12-3-5-13(6-4-12)10-17(15,16)8-7-14/h3-6,11,14H,7-10H2,1-2H3. The van der Waals surface area contributed by atoms with Crippen molar-refractivity contribution >= 4 is 9.84 Å². The van der Waals surface area contributed by atoms with Crippen LogP contribution in [0.25, 0.3) is 0 Å². The summed E-state index contributed by atoms with van der Waals surface area (Å²) in [6, 6.07) is 7.66. The summed E-state index contributed by atoms with van der Waals surface area (Å²) in [7, 11) is -3.17. The first-order valence-corrected chi connectivity index (χ1v) is 7.64. The van der Waals surface area contributed by atoms with E-state index < -0.39 is 9.84 Å². The lowest BCUT2D eigenvalue weighted by molar-refractivity contribution is 0.319. The van der Waals surface area contributed by atoms with Gasteiger partial charge in [-0.05, 0) is 23.5 Å². The van der Waals surface area contributed by atoms with Crippen LogP contribution in [0.3, 0.4) is 0 Å². The maximum Gasteiger partial charge on any atom is 0.156 e. The van der Waals surface area contributed by atoms with E-state index in [0.29, 0.717) is 5.92 Å². The fourth-order valence-electron chi connectivity index (χ4n) is 1.71. The number of aliphatic hydroxyl groups is 1. The molecule has 0 aliphatic rings. The summed E-state index contributed by atoms with van der Waals surface area (Å²) in [5.74, 6) is 0.440. The molecule has 1 aromatic rings. The van der Waals surface area contributed by atoms with Crippen LogP contribution in [0.5, 0.6) is 0 Å². The second-order valence-corrected chi connectivity index (χ2v) is 6.91. The van der Waals surface area contributed by atoms with Crippen molar-refractivity contribution in [3.05, 3.63) is 35.4 Å². The normalized spacial score (nSPS) is 12.0. The number of benzene rings is 1. The lowest BCUT2D eigenvalue weighted by Gasteiger charge is -2.07. The zero-order valence-electron chi connectivity index (χ0n) is 10.4. The van der Waals surface area contributed by atoms with Gasteiger partial charge in [-0.2, -0.15) is 0 Å². The Morgan fingerprint density at radius 3 is 2.12 bits per heavy atom. The van der Waals surface area contributed by atoms with Crippen LogP contribution in [0.1, 0.15) is 25.0 Å². The maximum absolute atomic E-state index is 11.5. The van der Waals surface area contributed by atoms with Crippen LogP contribution in [0, 0.1) is 5.92 Å². The first-order valence-electron chi connectivity index (χ1n) is 5.82. The highest BCUT2D eigenvalue weighted by Gasteiger charge is 2.10. The van der Waals surface area contributed by atoms with Crippen LogP contribution in [0.4, 0.5) is 0 Å². The predicted molar refractivity (Wildman–Crippen MR) is 69.6 cm³/mol. The molecule has 0 saturated heterocycles. The average Bonchev–Trinajstić information content (AvgIpc) is 2.19. The van der Waals surface area contributed by atoms with Crippen LogP contribution >= 0.6 is 0 Å². The highest BCUT2D eigenvalue weighted by atomic mass is 32.2. The van der Waals surface area contributed by atoms with E-state index in [1.165, 1.54) is 5.56 Å². The average molecular weight is 256 g/mol. The minimum Gasteiger partial charge on any atom is -0.395 e. The largest absolute Gasteiger partial charge is 0.395 e. The Kier molecular flexibility index (Phi) is 5.15. The van der Waals surface area contributed by atoms with Crippen molar-refractivity contribution in [3.8, 4) is 0 Å². The van der Waals surface area contributed by atoms with Gasteiger partial charge in [0.1, 0.15) is 0 Å². The fraction of sp³-hybridized carbons (Fsp3) is 0.538. The van der Waals surface area contributed by atoms with Gasteiger partial charge in [0.05, 0.1) is 18.1 Å². The molecule has 0 bridgehead atoms. The minimum atomic E-state index is -3.17. The summed E-state index contributed by atoms with van der Waals surface area (Å²) in [6.07, 6.45) is 1.00. The molecule has 1 N–H and O–H groups in total. The van der Waals surface area contributed by atoms with Gasteiger partial charge in [-0.3, -0.25) is 0 Å². The SMILES string of the molecule is CC(C)Cc1ccc(CS(=O)(=O)CCO)cc1. The summed E-state index contributed by atoms with van der Waals surface area (Å²) in [4.78, 5) is 0. The third-order valence-corrected chi connectivity index (χ3v) is 4.03.